The first-order valence-corrected chi connectivity index (χ1v) is 12.6. The van der Waals surface area contributed by atoms with Gasteiger partial charge in [-0.15, -0.1) is 22.7 Å². The molecule has 0 saturated heterocycles. The Labute approximate surface area is 191 Å². The third kappa shape index (κ3) is 5.43. The zero-order valence-electron chi connectivity index (χ0n) is 17.8. The van der Waals surface area contributed by atoms with E-state index in [-0.39, 0.29) is 24.3 Å². The molecule has 3 aromatic rings. The zero-order valence-corrected chi connectivity index (χ0v) is 19.4. The molecule has 1 aromatic carbocycles. The summed E-state index contributed by atoms with van der Waals surface area (Å²) in [5.74, 6) is -0.155. The molecule has 2 amide bonds. The molecular formula is C25H28N2O2S2. The zero-order chi connectivity index (χ0) is 21.6. The first-order chi connectivity index (χ1) is 15.1. The molecule has 1 N–H and O–H groups in total. The Kier molecular flexibility index (Phi) is 7.20. The topological polar surface area (TPSA) is 49.4 Å². The number of amides is 2. The van der Waals surface area contributed by atoms with Gasteiger partial charge in [-0.1, -0.05) is 49.1 Å². The lowest BCUT2D eigenvalue weighted by Gasteiger charge is -2.33. The van der Waals surface area contributed by atoms with Crippen LogP contribution in [0.15, 0.2) is 59.3 Å². The monoisotopic (exact) mass is 452 g/mol. The minimum atomic E-state index is -0.669. The second kappa shape index (κ2) is 10.2. The Morgan fingerprint density at radius 3 is 2.35 bits per heavy atom. The molecule has 31 heavy (non-hydrogen) atoms. The third-order valence-electron chi connectivity index (χ3n) is 5.76. The average Bonchev–Trinajstić information content (AvgIpc) is 3.48. The standard InChI is InChI=1S/C25H28N2O2S2/c1-18-11-13-20(14-12-18)27(23(28)17-21-9-5-15-30-21)24(22-10-6-16-31-22)25(29)26-19-7-3-2-4-8-19/h5-6,9-16,19,24H,2-4,7-8,17H2,1H3,(H,26,29)/t24-/m0/s1. The first-order valence-electron chi connectivity index (χ1n) is 10.9. The molecule has 4 rings (SSSR count). The SMILES string of the molecule is Cc1ccc(N(C(=O)Cc2cccs2)[C@H](C(=O)NC2CCCCC2)c2cccs2)cc1. The van der Waals surface area contributed by atoms with Gasteiger partial charge in [-0.2, -0.15) is 0 Å². The van der Waals surface area contributed by atoms with Crippen LogP contribution in [0, 0.1) is 6.92 Å². The summed E-state index contributed by atoms with van der Waals surface area (Å²) < 4.78 is 0. The predicted octanol–water partition coefficient (Wildman–Crippen LogP) is 5.88. The Balaban J connectivity index is 1.69. The Hall–Kier alpha value is -2.44. The number of carbonyl (C=O) groups is 2. The lowest BCUT2D eigenvalue weighted by atomic mass is 9.95. The minimum absolute atomic E-state index is 0.0662. The smallest absolute Gasteiger partial charge is 0.248 e. The molecule has 0 aliphatic heterocycles. The molecule has 0 spiro atoms. The number of nitrogens with one attached hydrogen (secondary N) is 1. The highest BCUT2D eigenvalue weighted by atomic mass is 32.1. The van der Waals surface area contributed by atoms with Gasteiger partial charge in [0.05, 0.1) is 6.42 Å². The summed E-state index contributed by atoms with van der Waals surface area (Å²) in [6.07, 6.45) is 5.83. The van der Waals surface area contributed by atoms with Crippen LogP contribution in [0.2, 0.25) is 0 Å². The number of carbonyl (C=O) groups excluding carboxylic acids is 2. The van der Waals surface area contributed by atoms with E-state index in [0.717, 1.165) is 46.7 Å². The molecule has 1 aliphatic carbocycles. The van der Waals surface area contributed by atoms with Crippen molar-refractivity contribution < 1.29 is 9.59 Å². The van der Waals surface area contributed by atoms with Crippen molar-refractivity contribution in [1.29, 1.82) is 0 Å². The van der Waals surface area contributed by atoms with E-state index < -0.39 is 6.04 Å². The van der Waals surface area contributed by atoms with Gasteiger partial charge in [-0.3, -0.25) is 14.5 Å². The van der Waals surface area contributed by atoms with Gasteiger partial charge in [0, 0.05) is 21.5 Å². The summed E-state index contributed by atoms with van der Waals surface area (Å²) in [7, 11) is 0. The summed E-state index contributed by atoms with van der Waals surface area (Å²) in [6.45, 7) is 2.02. The normalized spacial score (nSPS) is 15.4. The van der Waals surface area contributed by atoms with E-state index in [1.54, 1.807) is 16.2 Å². The molecule has 2 aromatic heterocycles. The van der Waals surface area contributed by atoms with Gasteiger partial charge >= 0.3 is 0 Å². The average molecular weight is 453 g/mol. The maximum Gasteiger partial charge on any atom is 0.248 e. The van der Waals surface area contributed by atoms with Crippen LogP contribution in [0.1, 0.15) is 53.5 Å². The van der Waals surface area contributed by atoms with Crippen molar-refractivity contribution in [3.63, 3.8) is 0 Å². The van der Waals surface area contributed by atoms with Crippen LogP contribution >= 0.6 is 22.7 Å². The lowest BCUT2D eigenvalue weighted by molar-refractivity contribution is -0.127. The van der Waals surface area contributed by atoms with E-state index in [1.807, 2.05) is 66.2 Å². The molecule has 0 unspecified atom stereocenters. The molecule has 6 heteroatoms. The van der Waals surface area contributed by atoms with E-state index in [2.05, 4.69) is 5.32 Å². The van der Waals surface area contributed by atoms with Crippen molar-refractivity contribution in [2.45, 2.75) is 57.5 Å². The van der Waals surface area contributed by atoms with E-state index in [1.165, 1.54) is 17.8 Å². The fourth-order valence-electron chi connectivity index (χ4n) is 4.14. The van der Waals surface area contributed by atoms with Crippen LogP contribution in [0.4, 0.5) is 5.69 Å². The fourth-order valence-corrected chi connectivity index (χ4v) is 5.65. The molecule has 1 fully saturated rings. The minimum Gasteiger partial charge on any atom is -0.351 e. The van der Waals surface area contributed by atoms with Gasteiger partial charge in [0.25, 0.3) is 0 Å². The highest BCUT2D eigenvalue weighted by Crippen LogP contribution is 2.32. The quantitative estimate of drug-likeness (QED) is 0.486. The highest BCUT2D eigenvalue weighted by molar-refractivity contribution is 7.10. The molecular weight excluding hydrogens is 424 g/mol. The van der Waals surface area contributed by atoms with Crippen LogP contribution in [-0.4, -0.2) is 17.9 Å². The van der Waals surface area contributed by atoms with Crippen molar-refractivity contribution in [1.82, 2.24) is 5.32 Å². The van der Waals surface area contributed by atoms with Crippen LogP contribution in [-0.2, 0) is 16.0 Å². The molecule has 4 nitrogen and oxygen atoms in total. The van der Waals surface area contributed by atoms with E-state index in [9.17, 15) is 9.59 Å². The number of benzene rings is 1. The number of aryl methyl sites for hydroxylation is 1. The summed E-state index contributed by atoms with van der Waals surface area (Å²) in [5.41, 5.74) is 1.87. The number of nitrogens with zero attached hydrogens (tertiary/aromatic N) is 1. The molecule has 2 heterocycles. The lowest BCUT2D eigenvalue weighted by Crippen LogP contribution is -2.47. The van der Waals surface area contributed by atoms with E-state index in [0.29, 0.717) is 0 Å². The van der Waals surface area contributed by atoms with Crippen molar-refractivity contribution in [3.8, 4) is 0 Å². The van der Waals surface area contributed by atoms with E-state index >= 15 is 0 Å². The molecule has 162 valence electrons. The molecule has 1 aliphatic rings. The summed E-state index contributed by atoms with van der Waals surface area (Å²) >= 11 is 3.09. The molecule has 0 bridgehead atoms. The van der Waals surface area contributed by atoms with Crippen LogP contribution in [0.25, 0.3) is 0 Å². The second-order valence-electron chi connectivity index (χ2n) is 8.12. The van der Waals surface area contributed by atoms with Crippen molar-refractivity contribution in [3.05, 3.63) is 74.6 Å². The molecule has 0 radical (unpaired) electrons. The number of thiophene rings is 2. The maximum atomic E-state index is 13.6. The van der Waals surface area contributed by atoms with Crippen LogP contribution < -0.4 is 10.2 Å². The van der Waals surface area contributed by atoms with Crippen molar-refractivity contribution in [2.24, 2.45) is 0 Å². The molecule has 1 atom stereocenters. The van der Waals surface area contributed by atoms with Gasteiger partial charge in [-0.25, -0.2) is 0 Å². The summed E-state index contributed by atoms with van der Waals surface area (Å²) in [6, 6.07) is 15.2. The number of rotatable bonds is 7. The predicted molar refractivity (Wildman–Crippen MR) is 129 cm³/mol. The van der Waals surface area contributed by atoms with Gasteiger partial charge in [0.1, 0.15) is 6.04 Å². The van der Waals surface area contributed by atoms with E-state index in [4.69, 9.17) is 0 Å². The van der Waals surface area contributed by atoms with Gasteiger partial charge in [0.15, 0.2) is 0 Å². The summed E-state index contributed by atoms with van der Waals surface area (Å²) in [5, 5.41) is 7.20. The Morgan fingerprint density at radius 1 is 1.00 bits per heavy atom. The van der Waals surface area contributed by atoms with Gasteiger partial charge in [-0.05, 0) is 54.8 Å². The Morgan fingerprint density at radius 2 is 1.71 bits per heavy atom. The largest absolute Gasteiger partial charge is 0.351 e. The fraction of sp³-hybridized carbons (Fsp3) is 0.360. The highest BCUT2D eigenvalue weighted by Gasteiger charge is 2.34. The first kappa shape index (κ1) is 21.8. The van der Waals surface area contributed by atoms with Crippen molar-refractivity contribution >= 4 is 40.2 Å². The second-order valence-corrected chi connectivity index (χ2v) is 10.1. The van der Waals surface area contributed by atoms with Crippen LogP contribution in [0.5, 0.6) is 0 Å². The number of hydrogen-bond acceptors (Lipinski definition) is 4. The summed E-state index contributed by atoms with van der Waals surface area (Å²) in [4.78, 5) is 30.8. The number of hydrogen-bond donors (Lipinski definition) is 1. The Bertz CT molecular complexity index is 975. The van der Waals surface area contributed by atoms with Crippen LogP contribution in [0.3, 0.4) is 0 Å². The number of anilines is 1. The maximum absolute atomic E-state index is 13.6. The van der Waals surface area contributed by atoms with Gasteiger partial charge in [0.2, 0.25) is 11.8 Å². The van der Waals surface area contributed by atoms with Gasteiger partial charge < -0.3 is 5.32 Å². The van der Waals surface area contributed by atoms with Crippen molar-refractivity contribution in [2.75, 3.05) is 4.90 Å². The molecule has 1 saturated carbocycles. The third-order valence-corrected chi connectivity index (χ3v) is 7.56.